The van der Waals surface area contributed by atoms with Crippen LogP contribution >= 0.6 is 0 Å². The Labute approximate surface area is 130 Å². The fourth-order valence-corrected chi connectivity index (χ4v) is 1.82. The zero-order chi connectivity index (χ0) is 16.5. The summed E-state index contributed by atoms with van der Waals surface area (Å²) in [5.74, 6) is -0.119. The van der Waals surface area contributed by atoms with Crippen molar-refractivity contribution in [1.29, 1.82) is 0 Å². The summed E-state index contributed by atoms with van der Waals surface area (Å²) >= 11 is 0. The van der Waals surface area contributed by atoms with Gasteiger partial charge in [-0.3, -0.25) is 9.59 Å². The Morgan fingerprint density at radius 3 is 2.41 bits per heavy atom. The van der Waals surface area contributed by atoms with E-state index < -0.39 is 0 Å². The number of amides is 1. The smallest absolute Gasteiger partial charge is 0.311 e. The molecular weight excluding hydrogens is 284 g/mol. The molecule has 6 nitrogen and oxygen atoms in total. The average Bonchev–Trinajstić information content (AvgIpc) is 2.42. The van der Waals surface area contributed by atoms with E-state index in [2.05, 4.69) is 10.5 Å². The van der Waals surface area contributed by atoms with Gasteiger partial charge in [0, 0.05) is 5.71 Å². The van der Waals surface area contributed by atoms with Gasteiger partial charge < -0.3 is 9.47 Å². The molecule has 0 unspecified atom stereocenters. The number of carbonyl (C=O) groups is 2. The minimum Gasteiger partial charge on any atom is -0.484 e. The van der Waals surface area contributed by atoms with Crippen LogP contribution in [0.15, 0.2) is 23.3 Å². The molecule has 1 aromatic rings. The first-order chi connectivity index (χ1) is 10.4. The van der Waals surface area contributed by atoms with Gasteiger partial charge in [0.25, 0.3) is 5.91 Å². The van der Waals surface area contributed by atoms with Crippen LogP contribution in [0, 0.1) is 13.8 Å². The first-order valence-corrected chi connectivity index (χ1v) is 7.09. The molecular formula is C16H22N2O4. The minimum absolute atomic E-state index is 0.0477. The third-order valence-electron chi connectivity index (χ3n) is 2.64. The predicted octanol–water partition coefficient (Wildman–Crippen LogP) is 2.13. The van der Waals surface area contributed by atoms with Crippen LogP contribution in [0.2, 0.25) is 0 Å². The Hall–Kier alpha value is -2.37. The lowest BCUT2D eigenvalue weighted by Gasteiger charge is -2.07. The Morgan fingerprint density at radius 1 is 1.18 bits per heavy atom. The number of esters is 1. The van der Waals surface area contributed by atoms with E-state index >= 15 is 0 Å². The van der Waals surface area contributed by atoms with Crippen molar-refractivity contribution in [3.05, 3.63) is 29.3 Å². The average molecular weight is 306 g/mol. The number of hydrogen-bond donors (Lipinski definition) is 1. The van der Waals surface area contributed by atoms with Crippen molar-refractivity contribution in [1.82, 2.24) is 5.43 Å². The molecule has 0 aliphatic rings. The number of aryl methyl sites for hydroxylation is 2. The molecule has 0 aliphatic carbocycles. The van der Waals surface area contributed by atoms with E-state index in [1.807, 2.05) is 32.0 Å². The fourth-order valence-electron chi connectivity index (χ4n) is 1.82. The molecule has 22 heavy (non-hydrogen) atoms. The Bertz CT molecular complexity index is 547. The summed E-state index contributed by atoms with van der Waals surface area (Å²) in [6.45, 7) is 7.48. The lowest BCUT2D eigenvalue weighted by Crippen LogP contribution is -2.26. The number of hydrogen-bond acceptors (Lipinski definition) is 5. The number of ether oxygens (including phenoxy) is 2. The monoisotopic (exact) mass is 306 g/mol. The standard InChI is InChI=1S/C16H22N2O4/c1-5-21-16(20)9-13(4)17-18-15(19)10-22-14-7-11(2)6-12(3)8-14/h6-8H,5,9-10H2,1-4H3,(H,18,19)/b17-13+. The molecule has 0 spiro atoms. The quantitative estimate of drug-likeness (QED) is 0.475. The SMILES string of the molecule is CCOC(=O)C/C(C)=N/NC(=O)COc1cc(C)cc(C)c1. The highest BCUT2D eigenvalue weighted by molar-refractivity contribution is 5.98. The van der Waals surface area contributed by atoms with Gasteiger partial charge >= 0.3 is 5.97 Å². The molecule has 0 saturated heterocycles. The second kappa shape index (κ2) is 8.81. The van der Waals surface area contributed by atoms with E-state index in [4.69, 9.17) is 9.47 Å². The lowest BCUT2D eigenvalue weighted by molar-refractivity contribution is -0.141. The normalized spacial score (nSPS) is 11.0. The zero-order valence-corrected chi connectivity index (χ0v) is 13.4. The molecule has 1 rings (SSSR count). The second-order valence-corrected chi connectivity index (χ2v) is 4.98. The van der Waals surface area contributed by atoms with Crippen LogP contribution < -0.4 is 10.2 Å². The van der Waals surface area contributed by atoms with Gasteiger partial charge in [0.1, 0.15) is 5.75 Å². The number of nitrogens with one attached hydrogen (secondary N) is 1. The molecule has 0 atom stereocenters. The molecule has 0 saturated carbocycles. The van der Waals surface area contributed by atoms with Crippen molar-refractivity contribution in [3.8, 4) is 5.75 Å². The molecule has 0 heterocycles. The van der Waals surface area contributed by atoms with Crippen molar-refractivity contribution in [3.63, 3.8) is 0 Å². The number of nitrogens with zero attached hydrogens (tertiary/aromatic N) is 1. The van der Waals surface area contributed by atoms with Gasteiger partial charge in [-0.15, -0.1) is 0 Å². The van der Waals surface area contributed by atoms with E-state index in [1.165, 1.54) is 0 Å². The van der Waals surface area contributed by atoms with E-state index in [9.17, 15) is 9.59 Å². The third-order valence-corrected chi connectivity index (χ3v) is 2.64. The van der Waals surface area contributed by atoms with Crippen molar-refractivity contribution in [2.45, 2.75) is 34.1 Å². The topological polar surface area (TPSA) is 77.0 Å². The minimum atomic E-state index is -0.387. The fraction of sp³-hybridized carbons (Fsp3) is 0.438. The summed E-state index contributed by atoms with van der Waals surface area (Å²) < 4.78 is 10.2. The second-order valence-electron chi connectivity index (χ2n) is 4.98. The molecule has 0 aromatic heterocycles. The van der Waals surface area contributed by atoms with Crippen LogP contribution in [0.3, 0.4) is 0 Å². The maximum Gasteiger partial charge on any atom is 0.311 e. The number of hydrazone groups is 1. The van der Waals surface area contributed by atoms with E-state index in [0.717, 1.165) is 11.1 Å². The van der Waals surface area contributed by atoms with Crippen LogP contribution in [-0.4, -0.2) is 30.8 Å². The van der Waals surface area contributed by atoms with E-state index in [-0.39, 0.29) is 24.9 Å². The summed E-state index contributed by atoms with van der Waals surface area (Å²) in [4.78, 5) is 22.9. The van der Waals surface area contributed by atoms with Gasteiger partial charge in [0.05, 0.1) is 13.0 Å². The van der Waals surface area contributed by atoms with Crippen molar-refractivity contribution < 1.29 is 19.1 Å². The maximum absolute atomic E-state index is 11.6. The maximum atomic E-state index is 11.6. The van der Waals surface area contributed by atoms with Gasteiger partial charge in [-0.25, -0.2) is 5.43 Å². The van der Waals surface area contributed by atoms with Gasteiger partial charge in [0.15, 0.2) is 6.61 Å². The molecule has 6 heteroatoms. The molecule has 0 radical (unpaired) electrons. The first-order valence-electron chi connectivity index (χ1n) is 7.09. The third kappa shape index (κ3) is 6.88. The Morgan fingerprint density at radius 2 is 1.82 bits per heavy atom. The van der Waals surface area contributed by atoms with Crippen LogP contribution in [-0.2, 0) is 14.3 Å². The molecule has 1 aromatic carbocycles. The van der Waals surface area contributed by atoms with Crippen LogP contribution in [0.1, 0.15) is 31.4 Å². The highest BCUT2D eigenvalue weighted by Crippen LogP contribution is 2.15. The van der Waals surface area contributed by atoms with Crippen LogP contribution in [0.4, 0.5) is 0 Å². The highest BCUT2D eigenvalue weighted by atomic mass is 16.5. The van der Waals surface area contributed by atoms with Gasteiger partial charge in [-0.2, -0.15) is 5.10 Å². The zero-order valence-electron chi connectivity index (χ0n) is 13.4. The Balaban J connectivity index is 2.41. The van der Waals surface area contributed by atoms with Crippen molar-refractivity contribution >= 4 is 17.6 Å². The summed E-state index contributed by atoms with van der Waals surface area (Å²) in [6.07, 6.45) is 0.0477. The number of carbonyl (C=O) groups excluding carboxylic acids is 2. The largest absolute Gasteiger partial charge is 0.484 e. The predicted molar refractivity (Wildman–Crippen MR) is 83.9 cm³/mol. The molecule has 120 valence electrons. The molecule has 1 amide bonds. The van der Waals surface area contributed by atoms with Crippen LogP contribution in [0.25, 0.3) is 0 Å². The first kappa shape index (κ1) is 17.7. The van der Waals surface area contributed by atoms with Gasteiger partial charge in [-0.05, 0) is 51.0 Å². The lowest BCUT2D eigenvalue weighted by atomic mass is 10.1. The van der Waals surface area contributed by atoms with Gasteiger partial charge in [-0.1, -0.05) is 6.07 Å². The molecule has 1 N–H and O–H groups in total. The summed E-state index contributed by atoms with van der Waals surface area (Å²) in [7, 11) is 0. The van der Waals surface area contributed by atoms with Crippen molar-refractivity contribution in [2.75, 3.05) is 13.2 Å². The molecule has 0 fully saturated rings. The molecule has 0 aliphatic heterocycles. The number of rotatable bonds is 7. The van der Waals surface area contributed by atoms with Crippen molar-refractivity contribution in [2.24, 2.45) is 5.10 Å². The summed E-state index contributed by atoms with van der Waals surface area (Å²) in [6, 6.07) is 5.74. The molecule has 0 bridgehead atoms. The van der Waals surface area contributed by atoms with Gasteiger partial charge in [0.2, 0.25) is 0 Å². The summed E-state index contributed by atoms with van der Waals surface area (Å²) in [5.41, 5.74) is 4.95. The Kier molecular flexibility index (Phi) is 7.08. The van der Waals surface area contributed by atoms with E-state index in [1.54, 1.807) is 13.8 Å². The summed E-state index contributed by atoms with van der Waals surface area (Å²) in [5, 5.41) is 3.83. The van der Waals surface area contributed by atoms with E-state index in [0.29, 0.717) is 18.1 Å². The van der Waals surface area contributed by atoms with Crippen LogP contribution in [0.5, 0.6) is 5.75 Å². The number of benzene rings is 1. The highest BCUT2D eigenvalue weighted by Gasteiger charge is 2.06.